The summed E-state index contributed by atoms with van der Waals surface area (Å²) in [5.74, 6) is 2.75. The molecule has 2 aliphatic rings. The third kappa shape index (κ3) is 6.65. The van der Waals surface area contributed by atoms with Gasteiger partial charge in [-0.1, -0.05) is 64.7 Å². The Kier molecular flexibility index (Phi) is 9.07. The molecule has 1 N–H and O–H groups in total. The van der Waals surface area contributed by atoms with E-state index < -0.39 is 0 Å². The second kappa shape index (κ2) is 10.5. The first-order valence-corrected chi connectivity index (χ1v) is 11.8. The largest absolute Gasteiger partial charge is 0.311 e. The van der Waals surface area contributed by atoms with Crippen LogP contribution in [0.5, 0.6) is 0 Å². The number of hydrogen-bond donors (Lipinski definition) is 1. The van der Waals surface area contributed by atoms with Gasteiger partial charge in [0, 0.05) is 23.6 Å². The van der Waals surface area contributed by atoms with Gasteiger partial charge in [0.15, 0.2) is 0 Å². The van der Waals surface area contributed by atoms with Crippen molar-refractivity contribution >= 4 is 23.5 Å². The van der Waals surface area contributed by atoms with Gasteiger partial charge < -0.3 is 5.32 Å². The van der Waals surface area contributed by atoms with E-state index in [4.69, 9.17) is 0 Å². The van der Waals surface area contributed by atoms with E-state index in [2.05, 4.69) is 42.7 Å². The van der Waals surface area contributed by atoms with Gasteiger partial charge in [-0.2, -0.15) is 0 Å². The summed E-state index contributed by atoms with van der Waals surface area (Å²) in [6, 6.07) is 1.50. The van der Waals surface area contributed by atoms with Crippen LogP contribution < -0.4 is 5.32 Å². The summed E-state index contributed by atoms with van der Waals surface area (Å²) < 4.78 is 0.578. The van der Waals surface area contributed by atoms with E-state index in [0.29, 0.717) is 4.08 Å². The van der Waals surface area contributed by atoms with E-state index in [1.165, 1.54) is 88.6 Å². The van der Waals surface area contributed by atoms with Crippen LogP contribution in [-0.4, -0.2) is 27.7 Å². The van der Waals surface area contributed by atoms with E-state index in [1.54, 1.807) is 0 Å². The standard InChI is InChI=1S/C19H37NS2/c1-3-4-5-6-7-8-9-10-11-12-18-16-19(15-17(2)20-18)21-13-14-22-19/h17-18,20H,3-16H2,1-2H3/t17-,18-/m1/s1. The summed E-state index contributed by atoms with van der Waals surface area (Å²) in [6.07, 6.45) is 17.2. The maximum absolute atomic E-state index is 3.87. The average Bonchev–Trinajstić information content (AvgIpc) is 2.92. The number of rotatable bonds is 10. The third-order valence-electron chi connectivity index (χ3n) is 5.16. The molecule has 130 valence electrons. The average molecular weight is 344 g/mol. The fourth-order valence-corrected chi connectivity index (χ4v) is 7.68. The number of nitrogens with one attached hydrogen (secondary N) is 1. The van der Waals surface area contributed by atoms with Crippen molar-refractivity contribution in [2.75, 3.05) is 11.5 Å². The highest BCUT2D eigenvalue weighted by Gasteiger charge is 2.42. The molecule has 0 aromatic carbocycles. The normalized spacial score (nSPS) is 27.5. The highest BCUT2D eigenvalue weighted by molar-refractivity contribution is 8.21. The van der Waals surface area contributed by atoms with Crippen molar-refractivity contribution in [3.63, 3.8) is 0 Å². The minimum atomic E-state index is 0.578. The molecule has 0 aromatic rings. The maximum atomic E-state index is 3.87. The fourth-order valence-electron chi connectivity index (χ4n) is 4.06. The predicted octanol–water partition coefficient (Wildman–Crippen LogP) is 6.22. The van der Waals surface area contributed by atoms with Gasteiger partial charge in [0.2, 0.25) is 0 Å². The van der Waals surface area contributed by atoms with Crippen molar-refractivity contribution in [1.29, 1.82) is 0 Å². The summed E-state index contributed by atoms with van der Waals surface area (Å²) >= 11 is 4.51. The monoisotopic (exact) mass is 343 g/mol. The molecule has 0 bridgehead atoms. The lowest BCUT2D eigenvalue weighted by Gasteiger charge is -2.41. The number of piperidine rings is 1. The molecular formula is C19H37NS2. The summed E-state index contributed by atoms with van der Waals surface area (Å²) in [6.45, 7) is 4.69. The van der Waals surface area contributed by atoms with Crippen LogP contribution in [-0.2, 0) is 0 Å². The number of unbranched alkanes of at least 4 members (excludes halogenated alkanes) is 8. The molecule has 1 nitrogen and oxygen atoms in total. The van der Waals surface area contributed by atoms with E-state index in [9.17, 15) is 0 Å². The van der Waals surface area contributed by atoms with Crippen LogP contribution >= 0.6 is 23.5 Å². The molecule has 2 heterocycles. The second-order valence-corrected chi connectivity index (χ2v) is 10.6. The molecule has 0 saturated carbocycles. The van der Waals surface area contributed by atoms with Crippen LogP contribution in [0.4, 0.5) is 0 Å². The molecule has 0 aliphatic carbocycles. The zero-order valence-electron chi connectivity index (χ0n) is 14.9. The lowest BCUT2D eigenvalue weighted by atomic mass is 9.94. The third-order valence-corrected chi connectivity index (χ3v) is 8.67. The molecule has 22 heavy (non-hydrogen) atoms. The quantitative estimate of drug-likeness (QED) is 0.473. The van der Waals surface area contributed by atoms with Crippen LogP contribution in [0.15, 0.2) is 0 Å². The molecule has 2 rings (SSSR count). The zero-order valence-corrected chi connectivity index (χ0v) is 16.5. The molecule has 2 fully saturated rings. The molecule has 0 amide bonds. The summed E-state index contributed by atoms with van der Waals surface area (Å²) in [4.78, 5) is 0. The number of hydrogen-bond acceptors (Lipinski definition) is 3. The van der Waals surface area contributed by atoms with Crippen molar-refractivity contribution in [3.8, 4) is 0 Å². The smallest absolute Gasteiger partial charge is 0.0641 e. The van der Waals surface area contributed by atoms with E-state index in [1.807, 2.05) is 0 Å². The molecule has 0 radical (unpaired) electrons. The van der Waals surface area contributed by atoms with E-state index in [0.717, 1.165) is 12.1 Å². The Morgan fingerprint density at radius 1 is 0.864 bits per heavy atom. The Morgan fingerprint density at radius 2 is 1.45 bits per heavy atom. The van der Waals surface area contributed by atoms with E-state index in [-0.39, 0.29) is 0 Å². The summed E-state index contributed by atoms with van der Waals surface area (Å²) in [5, 5.41) is 3.87. The van der Waals surface area contributed by atoms with Gasteiger partial charge in [0.1, 0.15) is 0 Å². The van der Waals surface area contributed by atoms with Crippen molar-refractivity contribution in [3.05, 3.63) is 0 Å². The molecule has 3 heteroatoms. The van der Waals surface area contributed by atoms with Gasteiger partial charge in [-0.15, -0.1) is 23.5 Å². The van der Waals surface area contributed by atoms with Crippen molar-refractivity contribution in [1.82, 2.24) is 5.32 Å². The van der Waals surface area contributed by atoms with Gasteiger partial charge in [-0.05, 0) is 26.2 Å². The molecule has 2 atom stereocenters. The Labute approximate surface area is 147 Å². The van der Waals surface area contributed by atoms with Crippen LogP contribution in [0.2, 0.25) is 0 Å². The molecule has 0 unspecified atom stereocenters. The fraction of sp³-hybridized carbons (Fsp3) is 1.00. The number of thioether (sulfide) groups is 2. The molecule has 0 aromatic heterocycles. The first-order chi connectivity index (χ1) is 10.7. The van der Waals surface area contributed by atoms with Crippen molar-refractivity contribution in [2.24, 2.45) is 0 Å². The minimum Gasteiger partial charge on any atom is -0.311 e. The lowest BCUT2D eigenvalue weighted by molar-refractivity contribution is 0.309. The van der Waals surface area contributed by atoms with Crippen LogP contribution in [0.25, 0.3) is 0 Å². The van der Waals surface area contributed by atoms with Gasteiger partial charge in [-0.25, -0.2) is 0 Å². The summed E-state index contributed by atoms with van der Waals surface area (Å²) in [5.41, 5.74) is 0. The van der Waals surface area contributed by atoms with Crippen LogP contribution in [0, 0.1) is 0 Å². The Morgan fingerprint density at radius 3 is 2.09 bits per heavy atom. The second-order valence-electron chi connectivity index (χ2n) is 7.40. The topological polar surface area (TPSA) is 12.0 Å². The highest BCUT2D eigenvalue weighted by atomic mass is 32.2. The first kappa shape index (κ1) is 19.0. The SMILES string of the molecule is CCCCCCCCCCC[C@@H]1CC2(C[C@@H](C)N1)SCCS2. The summed E-state index contributed by atoms with van der Waals surface area (Å²) in [7, 11) is 0. The van der Waals surface area contributed by atoms with E-state index >= 15 is 0 Å². The molecule has 1 spiro atoms. The zero-order chi connectivity index (χ0) is 15.7. The molecule has 2 saturated heterocycles. The van der Waals surface area contributed by atoms with Crippen LogP contribution in [0.1, 0.15) is 90.9 Å². The first-order valence-electron chi connectivity index (χ1n) is 9.78. The van der Waals surface area contributed by atoms with Gasteiger partial charge in [0.25, 0.3) is 0 Å². The Bertz CT molecular complexity index is 289. The van der Waals surface area contributed by atoms with Crippen molar-refractivity contribution in [2.45, 2.75) is 107 Å². The van der Waals surface area contributed by atoms with Gasteiger partial charge >= 0.3 is 0 Å². The Hall–Kier alpha value is 0.660. The van der Waals surface area contributed by atoms with Crippen molar-refractivity contribution < 1.29 is 0 Å². The van der Waals surface area contributed by atoms with Gasteiger partial charge in [0.05, 0.1) is 4.08 Å². The molecular weight excluding hydrogens is 306 g/mol. The Balaban J connectivity index is 1.51. The molecule has 2 aliphatic heterocycles. The van der Waals surface area contributed by atoms with Gasteiger partial charge in [-0.3, -0.25) is 0 Å². The predicted molar refractivity (Wildman–Crippen MR) is 105 cm³/mol. The maximum Gasteiger partial charge on any atom is 0.0641 e. The highest BCUT2D eigenvalue weighted by Crippen LogP contribution is 2.52. The lowest BCUT2D eigenvalue weighted by Crippen LogP contribution is -2.49. The van der Waals surface area contributed by atoms with Crippen LogP contribution in [0.3, 0.4) is 0 Å². The minimum absolute atomic E-state index is 0.578.